The summed E-state index contributed by atoms with van der Waals surface area (Å²) in [4.78, 5) is 27.3. The van der Waals surface area contributed by atoms with Gasteiger partial charge < -0.3 is 34.6 Å². The second kappa shape index (κ2) is 8.92. The Morgan fingerprint density at radius 3 is 2.21 bits per heavy atom. The maximum atomic E-state index is 14.3. The largest absolute Gasteiger partial charge is 0.509 e. The van der Waals surface area contributed by atoms with Gasteiger partial charge in [-0.1, -0.05) is 55.6 Å². The van der Waals surface area contributed by atoms with E-state index in [0.29, 0.717) is 5.57 Å². The molecule has 0 spiro atoms. The van der Waals surface area contributed by atoms with Crippen LogP contribution >= 0.6 is 34.8 Å². The molecule has 4 rings (SSSR count). The fourth-order valence-electron chi connectivity index (χ4n) is 7.56. The average Bonchev–Trinajstić information content (AvgIpc) is 2.76. The van der Waals surface area contributed by atoms with E-state index in [-0.39, 0.29) is 25.0 Å². The molecule has 0 aromatic heterocycles. The number of aliphatic hydroxyl groups excluding tert-OH is 2. The summed E-state index contributed by atoms with van der Waals surface area (Å²) in [6, 6.07) is 0. The number of hydrogen-bond donors (Lipinski definition) is 4. The highest BCUT2D eigenvalue weighted by molar-refractivity contribution is 6.68. The second-order valence-corrected chi connectivity index (χ2v) is 15.0. The minimum Gasteiger partial charge on any atom is -0.430 e. The molecule has 1 aliphatic heterocycles. The summed E-state index contributed by atoms with van der Waals surface area (Å²) in [7, 11) is 0. The lowest BCUT2D eigenvalue weighted by Gasteiger charge is -2.67. The average molecular weight is 600 g/mol. The number of carbonyl (C=O) groups is 2. The fourth-order valence-corrected chi connectivity index (χ4v) is 7.67. The van der Waals surface area contributed by atoms with Gasteiger partial charge in [0.1, 0.15) is 17.8 Å². The Morgan fingerprint density at radius 1 is 1.13 bits per heavy atom. The van der Waals surface area contributed by atoms with Crippen molar-refractivity contribution in [3.05, 3.63) is 11.1 Å². The van der Waals surface area contributed by atoms with Gasteiger partial charge in [-0.25, -0.2) is 4.79 Å². The lowest BCUT2D eigenvalue weighted by molar-refractivity contribution is -0.336. The molecule has 9 nitrogen and oxygen atoms in total. The number of aliphatic hydroxyl groups is 4. The molecule has 1 heterocycles. The molecule has 2 saturated carbocycles. The molecule has 9 atom stereocenters. The smallest absolute Gasteiger partial charge is 0.430 e. The van der Waals surface area contributed by atoms with Crippen LogP contribution in [-0.2, 0) is 19.0 Å². The zero-order valence-electron chi connectivity index (χ0n) is 22.5. The minimum atomic E-state index is -1.99. The first-order valence-corrected chi connectivity index (χ1v) is 13.8. The lowest BCUT2D eigenvalue weighted by atomic mass is 9.43. The van der Waals surface area contributed by atoms with E-state index in [1.807, 2.05) is 0 Å². The molecule has 9 unspecified atom stereocenters. The molecule has 4 aliphatic rings. The zero-order chi connectivity index (χ0) is 29.0. The van der Waals surface area contributed by atoms with Crippen LogP contribution in [-0.4, -0.2) is 84.0 Å². The van der Waals surface area contributed by atoms with Crippen molar-refractivity contribution >= 4 is 46.7 Å². The summed E-state index contributed by atoms with van der Waals surface area (Å²) in [5, 5.41) is 46.5. The fraction of sp³-hybridized carbons (Fsp3) is 0.846. The highest BCUT2D eigenvalue weighted by Gasteiger charge is 2.75. The molecule has 2 bridgehead atoms. The third-order valence-corrected chi connectivity index (χ3v) is 11.5. The number of Topliss-reactive ketones (excluding diaryl/α,β-unsaturated/α-hetero) is 1. The minimum absolute atomic E-state index is 0.0690. The van der Waals surface area contributed by atoms with Crippen molar-refractivity contribution in [1.82, 2.24) is 0 Å². The van der Waals surface area contributed by atoms with Gasteiger partial charge in [0, 0.05) is 24.2 Å². The predicted molar refractivity (Wildman–Crippen MR) is 139 cm³/mol. The van der Waals surface area contributed by atoms with Crippen LogP contribution in [0.5, 0.6) is 0 Å². The van der Waals surface area contributed by atoms with Crippen molar-refractivity contribution in [3.63, 3.8) is 0 Å². The Kier molecular flexibility index (Phi) is 7.12. The molecule has 0 aromatic carbocycles. The summed E-state index contributed by atoms with van der Waals surface area (Å²) >= 11 is 17.8. The van der Waals surface area contributed by atoms with Gasteiger partial charge in [0.15, 0.2) is 11.4 Å². The molecular formula is C26H37Cl3O9. The van der Waals surface area contributed by atoms with Crippen LogP contribution in [0.4, 0.5) is 4.79 Å². The van der Waals surface area contributed by atoms with E-state index in [4.69, 9.17) is 49.0 Å². The lowest BCUT2D eigenvalue weighted by Crippen LogP contribution is -2.79. The monoisotopic (exact) mass is 598 g/mol. The van der Waals surface area contributed by atoms with Crippen LogP contribution in [0.15, 0.2) is 11.1 Å². The standard InChI is InChI=1S/C26H37Cl3O9/c1-11-13(30)9-25(35)12(2)18-23(7,19(32)17(31)16(11)21(25,3)4)14(8-15-24(18,34)10-36-15)37-20(33)38-22(5,6)26(27,28)29/h12-15,17-18,30-31,34-35H,8-10H2,1-7H3. The van der Waals surface area contributed by atoms with Gasteiger partial charge in [-0.3, -0.25) is 4.79 Å². The maximum Gasteiger partial charge on any atom is 0.509 e. The predicted octanol–water partition coefficient (Wildman–Crippen LogP) is 3.23. The summed E-state index contributed by atoms with van der Waals surface area (Å²) in [6.45, 7) is 11.0. The van der Waals surface area contributed by atoms with Gasteiger partial charge in [0.05, 0.1) is 29.8 Å². The van der Waals surface area contributed by atoms with E-state index in [0.717, 1.165) is 0 Å². The van der Waals surface area contributed by atoms with Gasteiger partial charge in [-0.15, -0.1) is 0 Å². The SMILES string of the molecule is CC1=C2C(O)C(=O)C3(C)C(OC(=O)OC(C)(C)C(Cl)(Cl)Cl)CC4OCC4(O)C3C(C)C(O)(CC1O)C2(C)C. The molecular weight excluding hydrogens is 563 g/mol. The first-order valence-electron chi connectivity index (χ1n) is 12.7. The van der Waals surface area contributed by atoms with E-state index >= 15 is 0 Å². The van der Waals surface area contributed by atoms with E-state index in [2.05, 4.69) is 0 Å². The van der Waals surface area contributed by atoms with Crippen LogP contribution in [0.25, 0.3) is 0 Å². The number of ether oxygens (including phenoxy) is 3. The van der Waals surface area contributed by atoms with E-state index in [9.17, 15) is 30.0 Å². The van der Waals surface area contributed by atoms with E-state index in [1.54, 1.807) is 27.7 Å². The van der Waals surface area contributed by atoms with Crippen LogP contribution in [0.2, 0.25) is 0 Å². The Balaban J connectivity index is 1.85. The van der Waals surface area contributed by atoms with Gasteiger partial charge >= 0.3 is 6.16 Å². The van der Waals surface area contributed by atoms with Crippen molar-refractivity contribution < 1.29 is 44.2 Å². The highest BCUT2D eigenvalue weighted by atomic mass is 35.6. The van der Waals surface area contributed by atoms with E-state index < -0.39 is 79.6 Å². The molecule has 4 N–H and O–H groups in total. The van der Waals surface area contributed by atoms with Crippen LogP contribution in [0, 0.1) is 22.7 Å². The summed E-state index contributed by atoms with van der Waals surface area (Å²) in [6.07, 6.45) is -6.24. The summed E-state index contributed by atoms with van der Waals surface area (Å²) in [5.74, 6) is -2.54. The van der Waals surface area contributed by atoms with Gasteiger partial charge in [0.2, 0.25) is 3.79 Å². The van der Waals surface area contributed by atoms with Crippen LogP contribution in [0.3, 0.4) is 0 Å². The molecule has 38 heavy (non-hydrogen) atoms. The first kappa shape index (κ1) is 30.3. The van der Waals surface area contributed by atoms with Gasteiger partial charge in [-0.2, -0.15) is 0 Å². The number of carbonyl (C=O) groups excluding carboxylic acids is 2. The topological polar surface area (TPSA) is 143 Å². The summed E-state index contributed by atoms with van der Waals surface area (Å²) in [5.41, 5.74) is -7.01. The number of alkyl halides is 3. The van der Waals surface area contributed by atoms with Gasteiger partial charge in [-0.05, 0) is 44.8 Å². The van der Waals surface area contributed by atoms with Crippen LogP contribution in [0.1, 0.15) is 61.3 Å². The van der Waals surface area contributed by atoms with Crippen molar-refractivity contribution in [3.8, 4) is 0 Å². The van der Waals surface area contributed by atoms with Crippen LogP contribution < -0.4 is 0 Å². The number of fused-ring (bicyclic) bond motifs is 5. The number of rotatable bonds is 2. The normalized spacial score (nSPS) is 44.7. The third-order valence-electron chi connectivity index (χ3n) is 10.1. The number of hydrogen-bond acceptors (Lipinski definition) is 9. The third kappa shape index (κ3) is 3.91. The second-order valence-electron chi connectivity index (χ2n) is 12.7. The van der Waals surface area contributed by atoms with Gasteiger partial charge in [0.25, 0.3) is 0 Å². The Morgan fingerprint density at radius 2 is 1.71 bits per heavy atom. The van der Waals surface area contributed by atoms with E-state index in [1.165, 1.54) is 20.8 Å². The molecule has 216 valence electrons. The van der Waals surface area contributed by atoms with Crippen molar-refractivity contribution in [1.29, 1.82) is 0 Å². The molecule has 3 aliphatic carbocycles. The van der Waals surface area contributed by atoms with Crippen molar-refractivity contribution in [2.75, 3.05) is 6.61 Å². The summed E-state index contributed by atoms with van der Waals surface area (Å²) < 4.78 is 14.7. The number of ketones is 1. The molecule has 1 saturated heterocycles. The molecule has 0 amide bonds. The zero-order valence-corrected chi connectivity index (χ0v) is 24.8. The van der Waals surface area contributed by atoms with Crippen molar-refractivity contribution in [2.24, 2.45) is 22.7 Å². The quantitative estimate of drug-likeness (QED) is 0.214. The Hall–Kier alpha value is -0.650. The maximum absolute atomic E-state index is 14.3. The highest BCUT2D eigenvalue weighted by Crippen LogP contribution is 2.64. The Bertz CT molecular complexity index is 1070. The van der Waals surface area contributed by atoms with Crippen molar-refractivity contribution in [2.45, 2.75) is 106 Å². The molecule has 3 fully saturated rings. The molecule has 0 radical (unpaired) electrons. The molecule has 12 heteroatoms. The first-order chi connectivity index (χ1) is 17.1. The molecule has 0 aromatic rings. The Labute approximate surface area is 237 Å². The number of halogens is 3.